The first-order valence-corrected chi connectivity index (χ1v) is 6.96. The largest absolute Gasteiger partial charge is 0.465 e. The van der Waals surface area contributed by atoms with Crippen molar-refractivity contribution in [1.82, 2.24) is 4.90 Å². The summed E-state index contributed by atoms with van der Waals surface area (Å²) in [4.78, 5) is 15.8. The zero-order valence-electron chi connectivity index (χ0n) is 11.1. The molecule has 0 radical (unpaired) electrons. The fourth-order valence-corrected chi connectivity index (χ4v) is 2.50. The van der Waals surface area contributed by atoms with Crippen molar-refractivity contribution in [3.8, 4) is 0 Å². The van der Waals surface area contributed by atoms with Crippen LogP contribution in [0.4, 0.5) is 5.69 Å². The standard InChI is InChI=1S/C14H19ClN2O2/c1-2-19-14(18)11-16-7-9-17(10-8-16)13-6-4-3-5-12(13)15/h3-6H,2,7-11H2,1H3. The summed E-state index contributed by atoms with van der Waals surface area (Å²) in [7, 11) is 0. The van der Waals surface area contributed by atoms with Crippen molar-refractivity contribution in [2.75, 3.05) is 44.2 Å². The summed E-state index contributed by atoms with van der Waals surface area (Å²) in [5.41, 5.74) is 1.07. The molecule has 1 aromatic rings. The van der Waals surface area contributed by atoms with Crippen LogP contribution in [0.1, 0.15) is 6.92 Å². The first-order valence-electron chi connectivity index (χ1n) is 6.58. The number of ether oxygens (including phenoxy) is 1. The van der Waals surface area contributed by atoms with Crippen LogP contribution in [0.2, 0.25) is 5.02 Å². The summed E-state index contributed by atoms with van der Waals surface area (Å²) < 4.78 is 4.96. The van der Waals surface area contributed by atoms with E-state index in [-0.39, 0.29) is 5.97 Å². The molecule has 104 valence electrons. The lowest BCUT2D eigenvalue weighted by Gasteiger charge is -2.35. The highest BCUT2D eigenvalue weighted by Crippen LogP contribution is 2.25. The minimum Gasteiger partial charge on any atom is -0.465 e. The Morgan fingerprint density at radius 2 is 1.95 bits per heavy atom. The normalized spacial score (nSPS) is 16.4. The zero-order chi connectivity index (χ0) is 13.7. The van der Waals surface area contributed by atoms with Crippen molar-refractivity contribution >= 4 is 23.3 Å². The van der Waals surface area contributed by atoms with E-state index in [9.17, 15) is 4.79 Å². The molecule has 1 fully saturated rings. The lowest BCUT2D eigenvalue weighted by Crippen LogP contribution is -2.48. The minimum atomic E-state index is -0.145. The van der Waals surface area contributed by atoms with Crippen LogP contribution < -0.4 is 4.90 Å². The molecular formula is C14H19ClN2O2. The fourth-order valence-electron chi connectivity index (χ4n) is 2.24. The van der Waals surface area contributed by atoms with Gasteiger partial charge in [-0.2, -0.15) is 0 Å². The topological polar surface area (TPSA) is 32.8 Å². The number of carbonyl (C=O) groups excluding carboxylic acids is 1. The summed E-state index contributed by atoms with van der Waals surface area (Å²) in [5, 5.41) is 0.779. The molecule has 0 unspecified atom stereocenters. The van der Waals surface area contributed by atoms with Crippen LogP contribution in [0.25, 0.3) is 0 Å². The molecule has 5 heteroatoms. The Kier molecular flexibility index (Phi) is 5.05. The van der Waals surface area contributed by atoms with Gasteiger partial charge in [0.1, 0.15) is 0 Å². The number of hydrogen-bond donors (Lipinski definition) is 0. The summed E-state index contributed by atoms with van der Waals surface area (Å²) in [6, 6.07) is 7.86. The SMILES string of the molecule is CCOC(=O)CN1CCN(c2ccccc2Cl)CC1. The third-order valence-electron chi connectivity index (χ3n) is 3.22. The highest BCUT2D eigenvalue weighted by atomic mass is 35.5. The molecule has 0 amide bonds. The number of halogens is 1. The molecule has 1 heterocycles. The number of para-hydroxylation sites is 1. The van der Waals surface area contributed by atoms with Gasteiger partial charge in [0.05, 0.1) is 23.9 Å². The Morgan fingerprint density at radius 3 is 2.58 bits per heavy atom. The monoisotopic (exact) mass is 282 g/mol. The van der Waals surface area contributed by atoms with Gasteiger partial charge in [0.2, 0.25) is 0 Å². The van der Waals surface area contributed by atoms with E-state index < -0.39 is 0 Å². The maximum absolute atomic E-state index is 11.4. The van der Waals surface area contributed by atoms with Crippen molar-refractivity contribution in [3.63, 3.8) is 0 Å². The highest BCUT2D eigenvalue weighted by molar-refractivity contribution is 6.33. The predicted octanol–water partition coefficient (Wildman–Crippen LogP) is 2.03. The van der Waals surface area contributed by atoms with Crippen LogP contribution >= 0.6 is 11.6 Å². The van der Waals surface area contributed by atoms with Crippen molar-refractivity contribution in [2.24, 2.45) is 0 Å². The van der Waals surface area contributed by atoms with Crippen LogP contribution in [0.5, 0.6) is 0 Å². The lowest BCUT2D eigenvalue weighted by molar-refractivity contribution is -0.144. The third kappa shape index (κ3) is 3.85. The molecular weight excluding hydrogens is 264 g/mol. The Bertz CT molecular complexity index is 431. The number of benzene rings is 1. The van der Waals surface area contributed by atoms with Crippen LogP contribution in [-0.2, 0) is 9.53 Å². The van der Waals surface area contributed by atoms with Gasteiger partial charge in [-0.15, -0.1) is 0 Å². The van der Waals surface area contributed by atoms with Crippen molar-refractivity contribution in [3.05, 3.63) is 29.3 Å². The number of anilines is 1. The smallest absolute Gasteiger partial charge is 0.320 e. The van der Waals surface area contributed by atoms with Crippen molar-refractivity contribution < 1.29 is 9.53 Å². The Balaban J connectivity index is 1.86. The van der Waals surface area contributed by atoms with Crippen molar-refractivity contribution in [2.45, 2.75) is 6.92 Å². The molecule has 0 bridgehead atoms. The molecule has 0 saturated carbocycles. The molecule has 0 aromatic heterocycles. The first kappa shape index (κ1) is 14.2. The molecule has 0 spiro atoms. The predicted molar refractivity (Wildman–Crippen MR) is 76.7 cm³/mol. The number of rotatable bonds is 4. The number of hydrogen-bond acceptors (Lipinski definition) is 4. The summed E-state index contributed by atoms with van der Waals surface area (Å²) >= 11 is 6.19. The van der Waals surface area contributed by atoms with Gasteiger partial charge in [-0.25, -0.2) is 0 Å². The fraction of sp³-hybridized carbons (Fsp3) is 0.500. The van der Waals surface area contributed by atoms with Gasteiger partial charge in [-0.3, -0.25) is 9.69 Å². The molecule has 0 atom stereocenters. The van der Waals surface area contributed by atoms with Gasteiger partial charge in [-0.05, 0) is 19.1 Å². The summed E-state index contributed by atoms with van der Waals surface area (Å²) in [6.07, 6.45) is 0. The number of piperazine rings is 1. The molecule has 0 N–H and O–H groups in total. The third-order valence-corrected chi connectivity index (χ3v) is 3.54. The molecule has 0 aliphatic carbocycles. The summed E-state index contributed by atoms with van der Waals surface area (Å²) in [6.45, 7) is 6.11. The summed E-state index contributed by atoms with van der Waals surface area (Å²) in [5.74, 6) is -0.145. The highest BCUT2D eigenvalue weighted by Gasteiger charge is 2.20. The van der Waals surface area contributed by atoms with Gasteiger partial charge in [0.15, 0.2) is 0 Å². The Labute approximate surface area is 118 Å². The Hall–Kier alpha value is -1.26. The zero-order valence-corrected chi connectivity index (χ0v) is 11.9. The minimum absolute atomic E-state index is 0.145. The van der Waals surface area contributed by atoms with Gasteiger partial charge in [0, 0.05) is 26.2 Å². The Morgan fingerprint density at radius 1 is 1.26 bits per heavy atom. The van der Waals surface area contributed by atoms with Crippen molar-refractivity contribution in [1.29, 1.82) is 0 Å². The average molecular weight is 283 g/mol. The molecule has 1 aromatic carbocycles. The van der Waals surface area contributed by atoms with E-state index in [4.69, 9.17) is 16.3 Å². The van der Waals surface area contributed by atoms with Crippen LogP contribution in [0, 0.1) is 0 Å². The van der Waals surface area contributed by atoms with E-state index in [1.807, 2.05) is 31.2 Å². The second-order valence-electron chi connectivity index (χ2n) is 4.52. The number of nitrogens with zero attached hydrogens (tertiary/aromatic N) is 2. The molecule has 2 rings (SSSR count). The van der Waals surface area contributed by atoms with E-state index in [1.165, 1.54) is 0 Å². The van der Waals surface area contributed by atoms with Crippen LogP contribution in [0.15, 0.2) is 24.3 Å². The van der Waals surface area contributed by atoms with Gasteiger partial charge >= 0.3 is 5.97 Å². The average Bonchev–Trinajstić information content (AvgIpc) is 2.41. The first-order chi connectivity index (χ1) is 9.20. The maximum Gasteiger partial charge on any atom is 0.320 e. The molecule has 19 heavy (non-hydrogen) atoms. The van der Waals surface area contributed by atoms with Gasteiger partial charge in [0.25, 0.3) is 0 Å². The number of carbonyl (C=O) groups is 1. The number of esters is 1. The van der Waals surface area contributed by atoms with E-state index in [1.54, 1.807) is 0 Å². The molecule has 4 nitrogen and oxygen atoms in total. The van der Waals surface area contributed by atoms with Gasteiger partial charge < -0.3 is 9.64 Å². The lowest BCUT2D eigenvalue weighted by atomic mass is 10.2. The van der Waals surface area contributed by atoms with E-state index in [0.29, 0.717) is 13.2 Å². The van der Waals surface area contributed by atoms with E-state index in [2.05, 4.69) is 9.80 Å². The van der Waals surface area contributed by atoms with Crippen LogP contribution in [-0.4, -0.2) is 50.2 Å². The second kappa shape index (κ2) is 6.78. The quantitative estimate of drug-likeness (QED) is 0.791. The molecule has 1 aliphatic rings. The van der Waals surface area contributed by atoms with E-state index in [0.717, 1.165) is 36.9 Å². The second-order valence-corrected chi connectivity index (χ2v) is 4.93. The maximum atomic E-state index is 11.4. The van der Waals surface area contributed by atoms with Crippen LogP contribution in [0.3, 0.4) is 0 Å². The van der Waals surface area contributed by atoms with Gasteiger partial charge in [-0.1, -0.05) is 23.7 Å². The van der Waals surface area contributed by atoms with E-state index >= 15 is 0 Å². The molecule has 1 saturated heterocycles. The molecule has 1 aliphatic heterocycles.